The minimum absolute atomic E-state index is 0.00645. The van der Waals surface area contributed by atoms with Crippen LogP contribution in [0, 0.1) is 5.82 Å². The predicted octanol–water partition coefficient (Wildman–Crippen LogP) is 2.19. The molecule has 6 nitrogen and oxygen atoms in total. The number of likely N-dealkylation sites (tertiary alicyclic amines) is 1. The van der Waals surface area contributed by atoms with Crippen molar-refractivity contribution in [2.24, 2.45) is 0 Å². The van der Waals surface area contributed by atoms with E-state index in [1.54, 1.807) is 12.1 Å². The van der Waals surface area contributed by atoms with Gasteiger partial charge in [-0.1, -0.05) is 0 Å². The summed E-state index contributed by atoms with van der Waals surface area (Å²) in [5, 5.41) is 19.0. The number of aromatic nitrogens is 1. The molecule has 0 saturated carbocycles. The second-order valence-corrected chi connectivity index (χ2v) is 5.11. The van der Waals surface area contributed by atoms with Crippen molar-refractivity contribution in [3.8, 4) is 11.5 Å². The number of hydrogen-bond acceptors (Lipinski definition) is 4. The van der Waals surface area contributed by atoms with Crippen LogP contribution in [0.15, 0.2) is 42.6 Å². The minimum atomic E-state index is -1.26. The van der Waals surface area contributed by atoms with Crippen LogP contribution in [0.25, 0.3) is 0 Å². The minimum Gasteiger partial charge on any atom is -0.465 e. The molecule has 1 fully saturated rings. The zero-order chi connectivity index (χ0) is 15.7. The number of aliphatic hydroxyl groups is 1. The number of rotatable bonds is 3. The quantitative estimate of drug-likeness (QED) is 0.908. The maximum absolute atomic E-state index is 12.8. The second-order valence-electron chi connectivity index (χ2n) is 5.11. The molecule has 3 rings (SSSR count). The number of carbonyl (C=O) groups is 1. The van der Waals surface area contributed by atoms with E-state index in [0.717, 1.165) is 4.90 Å². The molecule has 22 heavy (non-hydrogen) atoms. The van der Waals surface area contributed by atoms with Crippen LogP contribution >= 0.6 is 0 Å². The maximum Gasteiger partial charge on any atom is 0.407 e. The third-order valence-electron chi connectivity index (χ3n) is 3.44. The van der Waals surface area contributed by atoms with Crippen LogP contribution in [-0.4, -0.2) is 39.3 Å². The number of β-amino-alcohol motifs (C(OH)–C–C–N with tert-alkyl or cyclic N) is 1. The van der Waals surface area contributed by atoms with Crippen LogP contribution in [0.4, 0.5) is 9.18 Å². The van der Waals surface area contributed by atoms with E-state index < -0.39 is 11.7 Å². The molecule has 0 atom stereocenters. The summed E-state index contributed by atoms with van der Waals surface area (Å²) in [6.07, 6.45) is 0.362. The Hall–Kier alpha value is -2.67. The van der Waals surface area contributed by atoms with Gasteiger partial charge < -0.3 is 19.8 Å². The Morgan fingerprint density at radius 3 is 2.36 bits per heavy atom. The largest absolute Gasteiger partial charge is 0.465 e. The Balaban J connectivity index is 1.68. The number of ether oxygens (including phenoxy) is 1. The fourth-order valence-corrected chi connectivity index (χ4v) is 2.24. The highest BCUT2D eigenvalue weighted by molar-refractivity contribution is 5.66. The lowest BCUT2D eigenvalue weighted by molar-refractivity contribution is -0.0927. The molecule has 1 aromatic heterocycles. The van der Waals surface area contributed by atoms with Crippen molar-refractivity contribution in [2.75, 3.05) is 13.1 Å². The van der Waals surface area contributed by atoms with Crippen molar-refractivity contribution in [3.05, 3.63) is 54.1 Å². The van der Waals surface area contributed by atoms with Crippen molar-refractivity contribution in [2.45, 2.75) is 5.60 Å². The summed E-state index contributed by atoms with van der Waals surface area (Å²) in [4.78, 5) is 15.9. The monoisotopic (exact) mass is 304 g/mol. The van der Waals surface area contributed by atoms with E-state index in [9.17, 15) is 14.3 Å². The third kappa shape index (κ3) is 2.71. The Kier molecular flexibility index (Phi) is 3.42. The summed E-state index contributed by atoms with van der Waals surface area (Å²) in [7, 11) is 0. The SMILES string of the molecule is O=C(O)N1CC(O)(c2ccc(Oc3ccc(F)cc3)cn2)C1. The van der Waals surface area contributed by atoms with E-state index in [2.05, 4.69) is 4.98 Å². The first-order valence-electron chi connectivity index (χ1n) is 6.56. The van der Waals surface area contributed by atoms with Crippen LogP contribution in [0.3, 0.4) is 0 Å². The van der Waals surface area contributed by atoms with Gasteiger partial charge in [0.1, 0.15) is 22.9 Å². The summed E-state index contributed by atoms with van der Waals surface area (Å²) >= 11 is 0. The lowest BCUT2D eigenvalue weighted by Gasteiger charge is -2.44. The van der Waals surface area contributed by atoms with Crippen molar-refractivity contribution in [1.82, 2.24) is 9.88 Å². The second kappa shape index (κ2) is 5.27. The van der Waals surface area contributed by atoms with Gasteiger partial charge in [-0.25, -0.2) is 9.18 Å². The van der Waals surface area contributed by atoms with E-state index in [0.29, 0.717) is 17.2 Å². The predicted molar refractivity (Wildman–Crippen MR) is 74.2 cm³/mol. The zero-order valence-corrected chi connectivity index (χ0v) is 11.4. The molecule has 7 heteroatoms. The van der Waals surface area contributed by atoms with Gasteiger partial charge in [0.05, 0.1) is 25.0 Å². The first kappa shape index (κ1) is 14.3. The zero-order valence-electron chi connectivity index (χ0n) is 11.4. The Morgan fingerprint density at radius 1 is 1.18 bits per heavy atom. The molecule has 0 unspecified atom stereocenters. The van der Waals surface area contributed by atoms with Gasteiger partial charge in [-0.15, -0.1) is 0 Å². The van der Waals surface area contributed by atoms with Crippen LogP contribution in [0.1, 0.15) is 5.69 Å². The molecule has 1 saturated heterocycles. The number of benzene rings is 1. The van der Waals surface area contributed by atoms with Gasteiger partial charge in [-0.05, 0) is 36.4 Å². The molecular weight excluding hydrogens is 291 g/mol. The van der Waals surface area contributed by atoms with Gasteiger partial charge in [0.25, 0.3) is 0 Å². The van der Waals surface area contributed by atoms with Crippen LogP contribution in [0.2, 0.25) is 0 Å². The van der Waals surface area contributed by atoms with Gasteiger partial charge >= 0.3 is 6.09 Å². The smallest absolute Gasteiger partial charge is 0.407 e. The summed E-state index contributed by atoms with van der Waals surface area (Å²) in [6.45, 7) is -0.0129. The number of nitrogens with zero attached hydrogens (tertiary/aromatic N) is 2. The average molecular weight is 304 g/mol. The van der Waals surface area contributed by atoms with E-state index in [-0.39, 0.29) is 18.9 Å². The summed E-state index contributed by atoms with van der Waals surface area (Å²) in [5.74, 6) is 0.555. The third-order valence-corrected chi connectivity index (χ3v) is 3.44. The average Bonchev–Trinajstić information content (AvgIpc) is 2.47. The number of pyridine rings is 1. The molecular formula is C15H13FN2O4. The highest BCUT2D eigenvalue weighted by Gasteiger charge is 2.46. The number of amides is 1. The molecule has 1 amide bonds. The number of hydrogen-bond donors (Lipinski definition) is 2. The van der Waals surface area contributed by atoms with Crippen molar-refractivity contribution < 1.29 is 24.1 Å². The molecule has 2 heterocycles. The first-order chi connectivity index (χ1) is 10.5. The molecule has 0 bridgehead atoms. The van der Waals surface area contributed by atoms with Gasteiger partial charge in [-0.2, -0.15) is 0 Å². The van der Waals surface area contributed by atoms with Crippen LogP contribution < -0.4 is 4.74 Å². The topological polar surface area (TPSA) is 82.9 Å². The summed E-state index contributed by atoms with van der Waals surface area (Å²) in [5.41, 5.74) is -0.872. The molecule has 114 valence electrons. The Labute approximate surface area is 125 Å². The summed E-state index contributed by atoms with van der Waals surface area (Å²) in [6, 6.07) is 8.76. The molecule has 1 aromatic carbocycles. The van der Waals surface area contributed by atoms with Crippen molar-refractivity contribution >= 4 is 6.09 Å². The normalized spacial score (nSPS) is 16.0. The lowest BCUT2D eigenvalue weighted by Crippen LogP contribution is -2.61. The summed E-state index contributed by atoms with van der Waals surface area (Å²) < 4.78 is 18.3. The Morgan fingerprint density at radius 2 is 1.82 bits per heavy atom. The van der Waals surface area contributed by atoms with Gasteiger partial charge in [0.2, 0.25) is 0 Å². The van der Waals surface area contributed by atoms with Crippen LogP contribution in [0.5, 0.6) is 11.5 Å². The highest BCUT2D eigenvalue weighted by atomic mass is 19.1. The van der Waals surface area contributed by atoms with E-state index in [4.69, 9.17) is 9.84 Å². The lowest BCUT2D eigenvalue weighted by atomic mass is 9.90. The molecule has 1 aliphatic rings. The number of carboxylic acid groups (broad SMARTS) is 1. The molecule has 0 aliphatic carbocycles. The molecule has 0 radical (unpaired) electrons. The van der Waals surface area contributed by atoms with Crippen molar-refractivity contribution in [1.29, 1.82) is 0 Å². The molecule has 1 aliphatic heterocycles. The fourth-order valence-electron chi connectivity index (χ4n) is 2.24. The van der Waals surface area contributed by atoms with Gasteiger partial charge in [-0.3, -0.25) is 4.98 Å². The molecule has 2 aromatic rings. The highest BCUT2D eigenvalue weighted by Crippen LogP contribution is 2.31. The first-order valence-corrected chi connectivity index (χ1v) is 6.56. The van der Waals surface area contributed by atoms with Crippen molar-refractivity contribution in [3.63, 3.8) is 0 Å². The standard InChI is InChI=1S/C15H13FN2O4/c16-10-1-3-11(4-2-10)22-12-5-6-13(17-7-12)15(21)8-18(9-15)14(19)20/h1-7,21H,8-9H2,(H,19,20). The fraction of sp³-hybridized carbons (Fsp3) is 0.200. The Bertz CT molecular complexity index is 682. The van der Waals surface area contributed by atoms with Gasteiger partial charge in [0.15, 0.2) is 0 Å². The van der Waals surface area contributed by atoms with E-state index >= 15 is 0 Å². The van der Waals surface area contributed by atoms with E-state index in [1.165, 1.54) is 30.5 Å². The maximum atomic E-state index is 12.8. The van der Waals surface area contributed by atoms with Crippen LogP contribution in [-0.2, 0) is 5.60 Å². The molecule has 2 N–H and O–H groups in total. The van der Waals surface area contributed by atoms with E-state index in [1.807, 2.05) is 0 Å². The van der Waals surface area contributed by atoms with Gasteiger partial charge in [0, 0.05) is 0 Å². The molecule has 0 spiro atoms. The number of halogens is 1.